The van der Waals surface area contributed by atoms with E-state index in [0.29, 0.717) is 17.4 Å². The standard InChI is InChI=1S/C19H26N2/c1-4-20-18(16-8-5-11-19(16,2)3)15-9-10-17-14(13-15)7-6-12-21-17/h6-7,9-10,12-13,16,18,20H,4-5,8,11H2,1-3H3. The first kappa shape index (κ1) is 14.5. The molecule has 1 aliphatic rings. The number of nitrogens with zero attached hydrogens (tertiary/aromatic N) is 1. The van der Waals surface area contributed by atoms with Crippen molar-refractivity contribution in [2.24, 2.45) is 11.3 Å². The van der Waals surface area contributed by atoms with Gasteiger partial charge in [-0.1, -0.05) is 39.3 Å². The minimum Gasteiger partial charge on any atom is -0.310 e. The lowest BCUT2D eigenvalue weighted by Gasteiger charge is -2.35. The van der Waals surface area contributed by atoms with Gasteiger partial charge in [-0.25, -0.2) is 0 Å². The van der Waals surface area contributed by atoms with Gasteiger partial charge in [-0.3, -0.25) is 4.98 Å². The lowest BCUT2D eigenvalue weighted by Crippen LogP contribution is -2.33. The molecule has 2 unspecified atom stereocenters. The van der Waals surface area contributed by atoms with E-state index in [2.05, 4.69) is 55.3 Å². The van der Waals surface area contributed by atoms with E-state index >= 15 is 0 Å². The zero-order chi connectivity index (χ0) is 14.9. The van der Waals surface area contributed by atoms with Crippen LogP contribution in [0.2, 0.25) is 0 Å². The predicted molar refractivity (Wildman–Crippen MR) is 89.3 cm³/mol. The number of hydrogen-bond acceptors (Lipinski definition) is 2. The molecule has 1 saturated carbocycles. The van der Waals surface area contributed by atoms with Gasteiger partial charge < -0.3 is 5.32 Å². The number of hydrogen-bond donors (Lipinski definition) is 1. The van der Waals surface area contributed by atoms with Gasteiger partial charge in [-0.2, -0.15) is 0 Å². The normalized spacial score (nSPS) is 22.5. The molecule has 1 aromatic carbocycles. The number of pyridine rings is 1. The Balaban J connectivity index is 1.98. The van der Waals surface area contributed by atoms with E-state index in [4.69, 9.17) is 0 Å². The van der Waals surface area contributed by atoms with Crippen molar-refractivity contribution >= 4 is 10.9 Å². The van der Waals surface area contributed by atoms with Gasteiger partial charge in [0.25, 0.3) is 0 Å². The van der Waals surface area contributed by atoms with E-state index in [1.165, 1.54) is 30.2 Å². The maximum Gasteiger partial charge on any atom is 0.0702 e. The molecular formula is C19H26N2. The van der Waals surface area contributed by atoms with Gasteiger partial charge in [0.2, 0.25) is 0 Å². The molecule has 0 saturated heterocycles. The van der Waals surface area contributed by atoms with Gasteiger partial charge in [0.1, 0.15) is 0 Å². The largest absolute Gasteiger partial charge is 0.310 e. The summed E-state index contributed by atoms with van der Waals surface area (Å²) in [5.74, 6) is 0.714. The Hall–Kier alpha value is -1.41. The molecule has 1 heterocycles. The second-order valence-electron chi connectivity index (χ2n) is 6.98. The molecule has 1 fully saturated rings. The molecule has 2 aromatic rings. The van der Waals surface area contributed by atoms with Crippen molar-refractivity contribution in [1.82, 2.24) is 10.3 Å². The average Bonchev–Trinajstić information content (AvgIpc) is 2.83. The average molecular weight is 282 g/mol. The molecule has 0 amide bonds. The molecule has 0 aliphatic heterocycles. The second-order valence-corrected chi connectivity index (χ2v) is 6.98. The van der Waals surface area contributed by atoms with Gasteiger partial charge in [-0.15, -0.1) is 0 Å². The first-order valence-electron chi connectivity index (χ1n) is 8.20. The number of fused-ring (bicyclic) bond motifs is 1. The minimum atomic E-state index is 0.427. The lowest BCUT2D eigenvalue weighted by molar-refractivity contribution is 0.199. The molecule has 1 N–H and O–H groups in total. The quantitative estimate of drug-likeness (QED) is 0.878. The van der Waals surface area contributed by atoms with Crippen LogP contribution in [0, 0.1) is 11.3 Å². The lowest BCUT2D eigenvalue weighted by atomic mass is 9.75. The van der Waals surface area contributed by atoms with E-state index in [-0.39, 0.29) is 0 Å². The van der Waals surface area contributed by atoms with Gasteiger partial charge in [0.05, 0.1) is 5.52 Å². The maximum atomic E-state index is 4.43. The molecule has 112 valence electrons. The number of aromatic nitrogens is 1. The van der Waals surface area contributed by atoms with E-state index in [0.717, 1.165) is 12.1 Å². The molecule has 0 bridgehead atoms. The monoisotopic (exact) mass is 282 g/mol. The van der Waals surface area contributed by atoms with Crippen molar-refractivity contribution < 1.29 is 0 Å². The van der Waals surface area contributed by atoms with Crippen LogP contribution in [0.25, 0.3) is 10.9 Å². The molecule has 2 heteroatoms. The summed E-state index contributed by atoms with van der Waals surface area (Å²) in [6, 6.07) is 11.4. The molecule has 3 rings (SSSR count). The molecule has 0 radical (unpaired) electrons. The summed E-state index contributed by atoms with van der Waals surface area (Å²) in [5, 5.41) is 4.98. The first-order chi connectivity index (χ1) is 10.1. The molecule has 0 spiro atoms. The van der Waals surface area contributed by atoms with Crippen molar-refractivity contribution in [3.63, 3.8) is 0 Å². The van der Waals surface area contributed by atoms with Crippen LogP contribution in [0.5, 0.6) is 0 Å². The predicted octanol–water partition coefficient (Wildman–Crippen LogP) is 4.71. The summed E-state index contributed by atoms with van der Waals surface area (Å²) in [6.45, 7) is 8.08. The van der Waals surface area contributed by atoms with E-state index < -0.39 is 0 Å². The van der Waals surface area contributed by atoms with Gasteiger partial charge >= 0.3 is 0 Å². The second kappa shape index (κ2) is 5.76. The smallest absolute Gasteiger partial charge is 0.0702 e. The Morgan fingerprint density at radius 1 is 1.33 bits per heavy atom. The minimum absolute atomic E-state index is 0.427. The highest BCUT2D eigenvalue weighted by atomic mass is 14.9. The van der Waals surface area contributed by atoms with Crippen molar-refractivity contribution in [3.8, 4) is 0 Å². The molecule has 1 aliphatic carbocycles. The van der Waals surface area contributed by atoms with Crippen molar-refractivity contribution in [2.75, 3.05) is 6.54 Å². The van der Waals surface area contributed by atoms with Crippen LogP contribution in [0.1, 0.15) is 51.6 Å². The SMILES string of the molecule is CCNC(c1ccc2ncccc2c1)C1CCCC1(C)C. The summed E-state index contributed by atoms with van der Waals surface area (Å²) in [4.78, 5) is 4.43. The fourth-order valence-corrected chi connectivity index (χ4v) is 3.97. The first-order valence-corrected chi connectivity index (χ1v) is 8.20. The van der Waals surface area contributed by atoms with Crippen molar-refractivity contribution in [2.45, 2.75) is 46.1 Å². The Morgan fingerprint density at radius 3 is 2.90 bits per heavy atom. The Labute approximate surface area is 128 Å². The van der Waals surface area contributed by atoms with Crippen LogP contribution >= 0.6 is 0 Å². The van der Waals surface area contributed by atoms with Crippen LogP contribution < -0.4 is 5.32 Å². The van der Waals surface area contributed by atoms with Gasteiger partial charge in [0.15, 0.2) is 0 Å². The summed E-state index contributed by atoms with van der Waals surface area (Å²) in [7, 11) is 0. The van der Waals surface area contributed by atoms with Crippen LogP contribution in [-0.4, -0.2) is 11.5 Å². The van der Waals surface area contributed by atoms with E-state index in [9.17, 15) is 0 Å². The Bertz CT molecular complexity index is 618. The Morgan fingerprint density at radius 2 is 2.19 bits per heavy atom. The van der Waals surface area contributed by atoms with Gasteiger partial charge in [-0.05, 0) is 54.5 Å². The highest BCUT2D eigenvalue weighted by Gasteiger charge is 2.39. The third-order valence-electron chi connectivity index (χ3n) is 5.15. The fourth-order valence-electron chi connectivity index (χ4n) is 3.97. The van der Waals surface area contributed by atoms with Crippen LogP contribution in [-0.2, 0) is 0 Å². The van der Waals surface area contributed by atoms with Crippen molar-refractivity contribution in [1.29, 1.82) is 0 Å². The maximum absolute atomic E-state index is 4.43. The highest BCUT2D eigenvalue weighted by Crippen LogP contribution is 2.48. The third-order valence-corrected chi connectivity index (χ3v) is 5.15. The van der Waals surface area contributed by atoms with Crippen molar-refractivity contribution in [3.05, 3.63) is 42.1 Å². The molecule has 2 nitrogen and oxygen atoms in total. The highest BCUT2D eigenvalue weighted by molar-refractivity contribution is 5.79. The molecular weight excluding hydrogens is 256 g/mol. The molecule has 21 heavy (non-hydrogen) atoms. The van der Waals surface area contributed by atoms with Crippen LogP contribution in [0.15, 0.2) is 36.5 Å². The number of nitrogens with one attached hydrogen (secondary N) is 1. The summed E-state index contributed by atoms with van der Waals surface area (Å²) in [5.41, 5.74) is 2.93. The number of benzene rings is 1. The zero-order valence-corrected chi connectivity index (χ0v) is 13.4. The topological polar surface area (TPSA) is 24.9 Å². The third kappa shape index (κ3) is 2.82. The summed E-state index contributed by atoms with van der Waals surface area (Å²) in [6.07, 6.45) is 5.89. The van der Waals surface area contributed by atoms with E-state index in [1.54, 1.807) is 0 Å². The Kier molecular flexibility index (Phi) is 3.99. The summed E-state index contributed by atoms with van der Waals surface area (Å²) >= 11 is 0. The fraction of sp³-hybridized carbons (Fsp3) is 0.526. The van der Waals surface area contributed by atoms with Crippen LogP contribution in [0.3, 0.4) is 0 Å². The van der Waals surface area contributed by atoms with Crippen LogP contribution in [0.4, 0.5) is 0 Å². The van der Waals surface area contributed by atoms with Gasteiger partial charge in [0, 0.05) is 17.6 Å². The molecule has 2 atom stereocenters. The summed E-state index contributed by atoms with van der Waals surface area (Å²) < 4.78 is 0. The zero-order valence-electron chi connectivity index (χ0n) is 13.4. The molecule has 1 aromatic heterocycles. The van der Waals surface area contributed by atoms with E-state index in [1.807, 2.05) is 12.3 Å². The number of rotatable bonds is 4.